The van der Waals surface area contributed by atoms with Gasteiger partial charge >= 0.3 is 12.1 Å². The fraction of sp³-hybridized carbons (Fsp3) is 0.522. The zero-order chi connectivity index (χ0) is 22.3. The quantitative estimate of drug-likeness (QED) is 0.793. The molecule has 1 aromatic carbocycles. The summed E-state index contributed by atoms with van der Waals surface area (Å²) in [6, 6.07) is 5.63. The molecule has 2 saturated heterocycles. The van der Waals surface area contributed by atoms with Crippen LogP contribution in [0.25, 0.3) is 10.9 Å². The minimum absolute atomic E-state index is 0.235. The molecule has 0 radical (unpaired) electrons. The van der Waals surface area contributed by atoms with E-state index in [9.17, 15) is 14.4 Å². The number of benzene rings is 1. The van der Waals surface area contributed by atoms with Gasteiger partial charge in [0.25, 0.3) is 0 Å². The number of urea groups is 1. The van der Waals surface area contributed by atoms with Crippen LogP contribution in [0.15, 0.2) is 24.4 Å². The van der Waals surface area contributed by atoms with E-state index in [1.807, 2.05) is 40.0 Å². The van der Waals surface area contributed by atoms with Crippen LogP contribution in [0.5, 0.6) is 0 Å². The number of carbonyl (C=O) groups excluding carboxylic acids is 3. The molecule has 2 aliphatic rings. The van der Waals surface area contributed by atoms with Crippen molar-refractivity contribution in [2.45, 2.75) is 51.6 Å². The summed E-state index contributed by atoms with van der Waals surface area (Å²) in [6.45, 7) is 7.39. The highest BCUT2D eigenvalue weighted by Gasteiger charge is 2.29. The smallest absolute Gasteiger partial charge is 0.410 e. The lowest BCUT2D eigenvalue weighted by Crippen LogP contribution is -2.49. The Labute approximate surface area is 182 Å². The van der Waals surface area contributed by atoms with Crippen molar-refractivity contribution >= 4 is 34.6 Å². The molecule has 1 aromatic heterocycles. The largest absolute Gasteiger partial charge is 0.444 e. The van der Waals surface area contributed by atoms with E-state index in [-0.39, 0.29) is 18.0 Å². The second kappa shape index (κ2) is 7.90. The van der Waals surface area contributed by atoms with Crippen molar-refractivity contribution in [1.82, 2.24) is 14.8 Å². The van der Waals surface area contributed by atoms with E-state index in [0.717, 1.165) is 29.4 Å². The molecule has 0 atom stereocenters. The lowest BCUT2D eigenvalue weighted by molar-refractivity contribution is -0.120. The van der Waals surface area contributed by atoms with Crippen molar-refractivity contribution in [3.8, 4) is 0 Å². The molecule has 4 amide bonds. The van der Waals surface area contributed by atoms with Crippen LogP contribution in [0.3, 0.4) is 0 Å². The fourth-order valence-corrected chi connectivity index (χ4v) is 4.41. The van der Waals surface area contributed by atoms with Gasteiger partial charge < -0.3 is 14.2 Å². The zero-order valence-corrected chi connectivity index (χ0v) is 18.6. The van der Waals surface area contributed by atoms with Crippen molar-refractivity contribution in [2.24, 2.45) is 7.05 Å². The zero-order valence-electron chi connectivity index (χ0n) is 18.6. The summed E-state index contributed by atoms with van der Waals surface area (Å²) in [7, 11) is 2.01. The minimum Gasteiger partial charge on any atom is -0.444 e. The molecule has 4 rings (SSSR count). The molecule has 0 bridgehead atoms. The SMILES string of the molecule is Cn1cc(C2CCN(C(=O)OC(C)(C)C)CC2)c2ccc(N3CCC(=O)NC3=O)cc21. The summed E-state index contributed by atoms with van der Waals surface area (Å²) >= 11 is 0. The maximum atomic E-state index is 12.3. The maximum absolute atomic E-state index is 12.3. The Kier molecular flexibility index (Phi) is 5.41. The summed E-state index contributed by atoms with van der Waals surface area (Å²) < 4.78 is 7.59. The summed E-state index contributed by atoms with van der Waals surface area (Å²) in [5.74, 6) is 0.130. The number of hydrogen-bond acceptors (Lipinski definition) is 4. The Bertz CT molecular complexity index is 1030. The van der Waals surface area contributed by atoms with E-state index in [0.29, 0.717) is 32.0 Å². The monoisotopic (exact) mass is 426 g/mol. The third-order valence-corrected chi connectivity index (χ3v) is 5.96. The Morgan fingerprint density at radius 2 is 1.84 bits per heavy atom. The second-order valence-corrected chi connectivity index (χ2v) is 9.39. The summed E-state index contributed by atoms with van der Waals surface area (Å²) in [5.41, 5.74) is 2.61. The number of imide groups is 1. The molecule has 2 aromatic rings. The minimum atomic E-state index is -0.486. The number of aryl methyl sites for hydroxylation is 1. The first kappa shape index (κ1) is 21.2. The van der Waals surface area contributed by atoms with Gasteiger partial charge in [0.05, 0.1) is 5.52 Å². The first-order chi connectivity index (χ1) is 14.6. The average Bonchev–Trinajstić information content (AvgIpc) is 3.03. The number of amides is 4. The van der Waals surface area contributed by atoms with E-state index in [1.165, 1.54) is 5.56 Å². The predicted octanol–water partition coefficient (Wildman–Crippen LogP) is 3.74. The van der Waals surface area contributed by atoms with Gasteiger partial charge in [-0.25, -0.2) is 9.59 Å². The molecule has 0 aliphatic carbocycles. The molecular weight excluding hydrogens is 396 g/mol. The van der Waals surface area contributed by atoms with Crippen molar-refractivity contribution in [3.63, 3.8) is 0 Å². The van der Waals surface area contributed by atoms with Crippen molar-refractivity contribution in [1.29, 1.82) is 0 Å². The van der Waals surface area contributed by atoms with Gasteiger partial charge in [0.15, 0.2) is 0 Å². The summed E-state index contributed by atoms with van der Waals surface area (Å²) in [4.78, 5) is 39.4. The van der Waals surface area contributed by atoms with Crippen LogP contribution in [0.4, 0.5) is 15.3 Å². The molecule has 8 nitrogen and oxygen atoms in total. The fourth-order valence-electron chi connectivity index (χ4n) is 4.41. The van der Waals surface area contributed by atoms with Gasteiger partial charge in [0.2, 0.25) is 5.91 Å². The van der Waals surface area contributed by atoms with Crippen molar-refractivity contribution in [3.05, 3.63) is 30.0 Å². The Hall–Kier alpha value is -3.03. The van der Waals surface area contributed by atoms with E-state index >= 15 is 0 Å². The first-order valence-electron chi connectivity index (χ1n) is 10.8. The number of nitrogens with one attached hydrogen (secondary N) is 1. The molecule has 8 heteroatoms. The number of rotatable bonds is 2. The number of anilines is 1. The number of nitrogens with zero attached hydrogens (tertiary/aromatic N) is 3. The molecular formula is C23H30N4O4. The van der Waals surface area contributed by atoms with E-state index in [2.05, 4.69) is 22.1 Å². The number of aromatic nitrogens is 1. The maximum Gasteiger partial charge on any atom is 0.410 e. The van der Waals surface area contributed by atoms with E-state index < -0.39 is 5.60 Å². The van der Waals surface area contributed by atoms with Crippen LogP contribution in [-0.4, -0.2) is 52.7 Å². The van der Waals surface area contributed by atoms with Gasteiger partial charge in [-0.1, -0.05) is 6.07 Å². The highest BCUT2D eigenvalue weighted by Crippen LogP contribution is 2.36. The number of carbonyl (C=O) groups is 3. The van der Waals surface area contributed by atoms with Crippen molar-refractivity contribution < 1.29 is 19.1 Å². The van der Waals surface area contributed by atoms with Gasteiger partial charge in [-0.15, -0.1) is 0 Å². The summed E-state index contributed by atoms with van der Waals surface area (Å²) in [6.07, 6.45) is 3.99. The van der Waals surface area contributed by atoms with Gasteiger partial charge in [-0.2, -0.15) is 0 Å². The third kappa shape index (κ3) is 4.38. The second-order valence-electron chi connectivity index (χ2n) is 9.39. The molecule has 2 aliphatic heterocycles. The van der Waals surface area contributed by atoms with Crippen LogP contribution in [0.2, 0.25) is 0 Å². The van der Waals surface area contributed by atoms with Gasteiger partial charge in [0, 0.05) is 50.4 Å². The van der Waals surface area contributed by atoms with Gasteiger partial charge in [0.1, 0.15) is 5.60 Å². The van der Waals surface area contributed by atoms with E-state index in [4.69, 9.17) is 4.74 Å². The van der Waals surface area contributed by atoms with E-state index in [1.54, 1.807) is 9.80 Å². The number of likely N-dealkylation sites (tertiary alicyclic amines) is 1. The van der Waals surface area contributed by atoms with Gasteiger partial charge in [-0.3, -0.25) is 15.0 Å². The van der Waals surface area contributed by atoms with Gasteiger partial charge in [-0.05, 0) is 57.2 Å². The van der Waals surface area contributed by atoms with Crippen LogP contribution < -0.4 is 10.2 Å². The molecule has 2 fully saturated rings. The number of hydrogen-bond donors (Lipinski definition) is 1. The first-order valence-corrected chi connectivity index (χ1v) is 10.8. The van der Waals surface area contributed by atoms with Crippen LogP contribution in [0.1, 0.15) is 51.5 Å². The third-order valence-electron chi connectivity index (χ3n) is 5.96. The normalized spacial score (nSPS) is 18.5. The molecule has 0 spiro atoms. The van der Waals surface area contributed by atoms with Crippen molar-refractivity contribution in [2.75, 3.05) is 24.5 Å². The Morgan fingerprint density at radius 1 is 1.13 bits per heavy atom. The lowest BCUT2D eigenvalue weighted by atomic mass is 9.89. The number of ether oxygens (including phenoxy) is 1. The lowest BCUT2D eigenvalue weighted by Gasteiger charge is -2.33. The molecule has 0 unspecified atom stereocenters. The summed E-state index contributed by atoms with van der Waals surface area (Å²) in [5, 5.41) is 3.54. The number of fused-ring (bicyclic) bond motifs is 1. The number of piperidine rings is 1. The predicted molar refractivity (Wildman–Crippen MR) is 118 cm³/mol. The molecule has 1 N–H and O–H groups in total. The highest BCUT2D eigenvalue weighted by atomic mass is 16.6. The molecule has 0 saturated carbocycles. The average molecular weight is 427 g/mol. The molecule has 3 heterocycles. The Morgan fingerprint density at radius 3 is 2.48 bits per heavy atom. The van der Waals surface area contributed by atoms with Crippen LogP contribution in [-0.2, 0) is 16.6 Å². The Balaban J connectivity index is 1.50. The molecule has 166 valence electrons. The van der Waals surface area contributed by atoms with Crippen LogP contribution in [0, 0.1) is 0 Å². The standard InChI is InChI=1S/C23H30N4O4/c1-23(2,3)31-22(30)26-10-7-15(8-11-26)18-14-25(4)19-13-16(5-6-17(18)19)27-12-9-20(28)24-21(27)29/h5-6,13-15H,7-12H2,1-4H3,(H,24,28,29). The van der Waals surface area contributed by atoms with Crippen LogP contribution >= 0.6 is 0 Å². The topological polar surface area (TPSA) is 83.9 Å². The molecule has 31 heavy (non-hydrogen) atoms. The highest BCUT2D eigenvalue weighted by molar-refractivity contribution is 6.06.